The molecule has 190 valence electrons. The minimum Gasteiger partial charge on any atom is -0.497 e. The molecule has 1 saturated heterocycles. The lowest BCUT2D eigenvalue weighted by molar-refractivity contribution is 0.0960. The quantitative estimate of drug-likeness (QED) is 0.344. The van der Waals surface area contributed by atoms with Crippen LogP contribution in [0.25, 0.3) is 11.0 Å². The summed E-state index contributed by atoms with van der Waals surface area (Å²) in [6.07, 6.45) is 2.17. The fourth-order valence-corrected chi connectivity index (χ4v) is 6.86. The summed E-state index contributed by atoms with van der Waals surface area (Å²) in [5.74, 6) is 2.17. The van der Waals surface area contributed by atoms with E-state index in [4.69, 9.17) is 19.2 Å². The molecule has 2 heterocycles. The van der Waals surface area contributed by atoms with Crippen molar-refractivity contribution < 1.29 is 22.6 Å². The summed E-state index contributed by atoms with van der Waals surface area (Å²) < 4.78 is 46.6. The number of rotatable bonds is 11. The van der Waals surface area contributed by atoms with Gasteiger partial charge in [0.1, 0.15) is 11.5 Å². The third-order valence-electron chi connectivity index (χ3n) is 6.28. The van der Waals surface area contributed by atoms with E-state index in [0.29, 0.717) is 30.9 Å². The second-order valence-electron chi connectivity index (χ2n) is 8.35. The van der Waals surface area contributed by atoms with Gasteiger partial charge in [0.05, 0.1) is 42.8 Å². The molecule has 0 saturated carbocycles. The zero-order chi connectivity index (χ0) is 25.0. The highest BCUT2D eigenvalue weighted by molar-refractivity contribution is 7.98. The standard InChI is InChI=1S/C25H33N3O5S2/c1-5-27(6-2)35(29,30)21-10-11-23-22(15-21)26-25(28(23)16-20-8-7-13-33-20)34-17-18-14-19(31-3)9-12-24(18)32-4/h9-12,14-15,20H,5-8,13,16-17H2,1-4H3/t20-/m1/s1. The van der Waals surface area contributed by atoms with E-state index < -0.39 is 10.0 Å². The third kappa shape index (κ3) is 5.45. The molecule has 4 rings (SSSR count). The molecule has 1 fully saturated rings. The van der Waals surface area contributed by atoms with Crippen molar-refractivity contribution in [2.75, 3.05) is 33.9 Å². The van der Waals surface area contributed by atoms with Gasteiger partial charge in [0.15, 0.2) is 5.16 Å². The molecule has 1 atom stereocenters. The van der Waals surface area contributed by atoms with Crippen LogP contribution in [0.1, 0.15) is 32.3 Å². The Labute approximate surface area is 211 Å². The van der Waals surface area contributed by atoms with E-state index in [0.717, 1.165) is 47.2 Å². The van der Waals surface area contributed by atoms with Crippen LogP contribution in [-0.4, -0.2) is 62.3 Å². The first-order valence-electron chi connectivity index (χ1n) is 11.9. The molecule has 1 aromatic heterocycles. The van der Waals surface area contributed by atoms with Crippen LogP contribution in [0.5, 0.6) is 11.5 Å². The number of sulfonamides is 1. The summed E-state index contributed by atoms with van der Waals surface area (Å²) >= 11 is 1.59. The number of thioether (sulfide) groups is 1. The van der Waals surface area contributed by atoms with Crippen LogP contribution < -0.4 is 9.47 Å². The second kappa shape index (κ2) is 11.2. The number of aromatic nitrogens is 2. The van der Waals surface area contributed by atoms with Gasteiger partial charge in [-0.05, 0) is 49.2 Å². The highest BCUT2D eigenvalue weighted by atomic mass is 32.2. The maximum atomic E-state index is 13.1. The van der Waals surface area contributed by atoms with Crippen molar-refractivity contribution in [3.05, 3.63) is 42.0 Å². The molecule has 0 unspecified atom stereocenters. The van der Waals surface area contributed by atoms with Gasteiger partial charge in [-0.15, -0.1) is 0 Å². The number of ether oxygens (including phenoxy) is 3. The lowest BCUT2D eigenvalue weighted by Crippen LogP contribution is -2.30. The Morgan fingerprint density at radius 3 is 2.60 bits per heavy atom. The molecule has 0 bridgehead atoms. The van der Waals surface area contributed by atoms with Gasteiger partial charge < -0.3 is 18.8 Å². The minimum absolute atomic E-state index is 0.122. The molecule has 0 radical (unpaired) electrons. The van der Waals surface area contributed by atoms with Crippen LogP contribution in [0.2, 0.25) is 0 Å². The molecule has 2 aromatic carbocycles. The first-order chi connectivity index (χ1) is 16.9. The SMILES string of the molecule is CCN(CC)S(=O)(=O)c1ccc2c(c1)nc(SCc1cc(OC)ccc1OC)n2C[C@H]1CCCO1. The lowest BCUT2D eigenvalue weighted by Gasteiger charge is -2.18. The van der Waals surface area contributed by atoms with Crippen molar-refractivity contribution in [2.45, 2.75) is 55.1 Å². The van der Waals surface area contributed by atoms with E-state index >= 15 is 0 Å². The van der Waals surface area contributed by atoms with Crippen LogP contribution in [0, 0.1) is 0 Å². The van der Waals surface area contributed by atoms with Crippen LogP contribution in [0.4, 0.5) is 0 Å². The Bertz CT molecular complexity index is 1270. The average molecular weight is 520 g/mol. The fourth-order valence-electron chi connectivity index (χ4n) is 4.38. The van der Waals surface area contributed by atoms with Gasteiger partial charge in [-0.2, -0.15) is 4.31 Å². The molecule has 0 spiro atoms. The first kappa shape index (κ1) is 25.8. The minimum atomic E-state index is -3.57. The van der Waals surface area contributed by atoms with Crippen molar-refractivity contribution in [3.63, 3.8) is 0 Å². The van der Waals surface area contributed by atoms with E-state index in [1.165, 1.54) is 4.31 Å². The van der Waals surface area contributed by atoms with Gasteiger partial charge in [-0.1, -0.05) is 25.6 Å². The van der Waals surface area contributed by atoms with Crippen molar-refractivity contribution in [2.24, 2.45) is 0 Å². The molecule has 35 heavy (non-hydrogen) atoms. The van der Waals surface area contributed by atoms with E-state index in [1.54, 1.807) is 38.1 Å². The Morgan fingerprint density at radius 2 is 1.94 bits per heavy atom. The molecular formula is C25H33N3O5S2. The topological polar surface area (TPSA) is 82.9 Å². The van der Waals surface area contributed by atoms with E-state index in [-0.39, 0.29) is 11.0 Å². The molecule has 8 nitrogen and oxygen atoms in total. The highest BCUT2D eigenvalue weighted by Crippen LogP contribution is 2.34. The van der Waals surface area contributed by atoms with Crippen LogP contribution >= 0.6 is 11.8 Å². The molecule has 10 heteroatoms. The summed E-state index contributed by atoms with van der Waals surface area (Å²) in [6, 6.07) is 11.0. The Hall–Kier alpha value is -2.27. The van der Waals surface area contributed by atoms with Gasteiger partial charge in [-0.25, -0.2) is 13.4 Å². The predicted molar refractivity (Wildman–Crippen MR) is 138 cm³/mol. The molecule has 0 aliphatic carbocycles. The van der Waals surface area contributed by atoms with Crippen molar-refractivity contribution >= 4 is 32.8 Å². The van der Waals surface area contributed by atoms with Gasteiger partial charge in [0.25, 0.3) is 0 Å². The summed E-state index contributed by atoms with van der Waals surface area (Å²) in [5.41, 5.74) is 2.56. The first-order valence-corrected chi connectivity index (χ1v) is 14.3. The maximum Gasteiger partial charge on any atom is 0.243 e. The van der Waals surface area contributed by atoms with Crippen molar-refractivity contribution in [1.82, 2.24) is 13.9 Å². The molecule has 1 aliphatic heterocycles. The maximum absolute atomic E-state index is 13.1. The van der Waals surface area contributed by atoms with Crippen molar-refractivity contribution in [3.8, 4) is 11.5 Å². The van der Waals surface area contributed by atoms with Crippen LogP contribution in [0.15, 0.2) is 46.5 Å². The van der Waals surface area contributed by atoms with E-state index in [2.05, 4.69) is 4.57 Å². The molecule has 3 aromatic rings. The van der Waals surface area contributed by atoms with Gasteiger partial charge in [-0.3, -0.25) is 0 Å². The smallest absolute Gasteiger partial charge is 0.243 e. The summed E-state index contributed by atoms with van der Waals surface area (Å²) in [4.78, 5) is 5.13. The van der Waals surface area contributed by atoms with Crippen molar-refractivity contribution in [1.29, 1.82) is 0 Å². The Balaban J connectivity index is 1.71. The van der Waals surface area contributed by atoms with Gasteiger partial charge in [0, 0.05) is 31.0 Å². The van der Waals surface area contributed by atoms with E-state index in [1.807, 2.05) is 38.1 Å². The second-order valence-corrected chi connectivity index (χ2v) is 11.2. The molecule has 1 aliphatic rings. The van der Waals surface area contributed by atoms with E-state index in [9.17, 15) is 8.42 Å². The van der Waals surface area contributed by atoms with Crippen LogP contribution in [-0.2, 0) is 27.1 Å². The lowest BCUT2D eigenvalue weighted by atomic mass is 10.2. The largest absolute Gasteiger partial charge is 0.497 e. The van der Waals surface area contributed by atoms with Gasteiger partial charge in [0.2, 0.25) is 10.0 Å². The predicted octanol–water partition coefficient (Wildman–Crippen LogP) is 4.56. The normalized spacial score (nSPS) is 16.3. The number of methoxy groups -OCH3 is 2. The number of nitrogens with zero attached hydrogens (tertiary/aromatic N) is 3. The monoisotopic (exact) mass is 519 g/mol. The zero-order valence-electron chi connectivity index (χ0n) is 20.7. The zero-order valence-corrected chi connectivity index (χ0v) is 22.3. The number of benzene rings is 2. The average Bonchev–Trinajstić information content (AvgIpc) is 3.51. The Kier molecular flexibility index (Phi) is 8.26. The van der Waals surface area contributed by atoms with Gasteiger partial charge >= 0.3 is 0 Å². The summed E-state index contributed by atoms with van der Waals surface area (Å²) in [5, 5.41) is 0.817. The van der Waals surface area contributed by atoms with Crippen LogP contribution in [0.3, 0.4) is 0 Å². The summed E-state index contributed by atoms with van der Waals surface area (Å²) in [6.45, 7) is 5.99. The number of hydrogen-bond acceptors (Lipinski definition) is 7. The number of hydrogen-bond donors (Lipinski definition) is 0. The molecule has 0 N–H and O–H groups in total. The third-order valence-corrected chi connectivity index (χ3v) is 9.35. The Morgan fingerprint density at radius 1 is 1.14 bits per heavy atom. The summed E-state index contributed by atoms with van der Waals surface area (Å²) in [7, 11) is -0.273. The number of imidazole rings is 1. The molecule has 0 amide bonds. The molecular weight excluding hydrogens is 486 g/mol. The highest BCUT2D eigenvalue weighted by Gasteiger charge is 2.25. The fraction of sp³-hybridized carbons (Fsp3) is 0.480. The number of fused-ring (bicyclic) bond motifs is 1.